The number of carbonyl (C=O) groups is 4. The van der Waals surface area contributed by atoms with Gasteiger partial charge in [-0.05, 0) is 44.5 Å². The first-order valence-electron chi connectivity index (χ1n) is 11.7. The molecule has 12 nitrogen and oxygen atoms in total. The molecule has 0 atom stereocenters. The van der Waals surface area contributed by atoms with Gasteiger partial charge < -0.3 is 20.3 Å². The number of nitrogens with one attached hydrogen (secondary N) is 1. The maximum Gasteiger partial charge on any atom is 0.416 e. The number of hydrogen-bond donors (Lipinski definition) is 2. The molecule has 1 aromatic heterocycles. The zero-order valence-electron chi connectivity index (χ0n) is 21.4. The number of amides is 4. The van der Waals surface area contributed by atoms with Crippen LogP contribution >= 0.6 is 0 Å². The predicted molar refractivity (Wildman–Crippen MR) is 131 cm³/mol. The van der Waals surface area contributed by atoms with Gasteiger partial charge in [0.2, 0.25) is 0 Å². The third-order valence-corrected chi connectivity index (χ3v) is 5.88. The molecular formula is C24H27F3N6O6. The van der Waals surface area contributed by atoms with Crippen molar-refractivity contribution in [3.8, 4) is 5.69 Å². The van der Waals surface area contributed by atoms with E-state index < -0.39 is 53.3 Å². The zero-order chi connectivity index (χ0) is 29.1. The first-order chi connectivity index (χ1) is 18.1. The van der Waals surface area contributed by atoms with E-state index in [1.54, 1.807) is 0 Å². The molecule has 4 amide bonds. The Bertz CT molecular complexity index is 1350. The number of ether oxygens (including phenoxy) is 1. The minimum atomic E-state index is -4.75. The monoisotopic (exact) mass is 552 g/mol. The van der Waals surface area contributed by atoms with Gasteiger partial charge in [-0.3, -0.25) is 19.5 Å². The molecule has 1 aliphatic heterocycles. The number of benzene rings is 1. The number of urea groups is 1. The van der Waals surface area contributed by atoms with Crippen LogP contribution in [-0.2, 0) is 26.9 Å². The van der Waals surface area contributed by atoms with Crippen molar-refractivity contribution in [1.82, 2.24) is 19.4 Å². The molecule has 0 bridgehead atoms. The highest BCUT2D eigenvalue weighted by atomic mass is 19.4. The molecule has 0 aliphatic carbocycles. The van der Waals surface area contributed by atoms with Gasteiger partial charge in [0.1, 0.15) is 11.6 Å². The van der Waals surface area contributed by atoms with Gasteiger partial charge in [-0.2, -0.15) is 18.2 Å². The Labute approximate surface area is 220 Å². The molecule has 2 heterocycles. The molecule has 3 N–H and O–H groups in total. The zero-order valence-corrected chi connectivity index (χ0v) is 21.4. The van der Waals surface area contributed by atoms with Crippen molar-refractivity contribution in [3.63, 3.8) is 0 Å². The predicted octanol–water partition coefficient (Wildman–Crippen LogP) is 1.93. The Morgan fingerprint density at radius 3 is 2.21 bits per heavy atom. The van der Waals surface area contributed by atoms with E-state index in [1.807, 2.05) is 0 Å². The van der Waals surface area contributed by atoms with Crippen LogP contribution in [0.15, 0.2) is 35.3 Å². The van der Waals surface area contributed by atoms with Gasteiger partial charge >= 0.3 is 24.0 Å². The van der Waals surface area contributed by atoms with E-state index >= 15 is 0 Å². The summed E-state index contributed by atoms with van der Waals surface area (Å²) in [4.78, 5) is 66.7. The smallest absolute Gasteiger partial charge is 0.416 e. The molecule has 2 aromatic rings. The molecule has 0 saturated carbocycles. The fraction of sp³-hybridized carbons (Fsp3) is 0.417. The van der Waals surface area contributed by atoms with E-state index in [0.717, 1.165) is 16.7 Å². The number of nitrogens with two attached hydrogens (primary N) is 1. The molecule has 39 heavy (non-hydrogen) atoms. The minimum Gasteiger partial charge on any atom is -0.434 e. The third kappa shape index (κ3) is 7.12. The lowest BCUT2D eigenvalue weighted by molar-refractivity contribution is -0.149. The minimum absolute atomic E-state index is 0.117. The molecule has 1 saturated heterocycles. The average Bonchev–Trinajstić information content (AvgIpc) is 2.82. The third-order valence-electron chi connectivity index (χ3n) is 5.88. The summed E-state index contributed by atoms with van der Waals surface area (Å²) in [5.41, 5.74) is 1.22. The molecule has 210 valence electrons. The number of halogens is 3. The average molecular weight is 553 g/mol. The topological polar surface area (TPSA) is 157 Å². The second kappa shape index (κ2) is 11.1. The van der Waals surface area contributed by atoms with Crippen molar-refractivity contribution in [3.05, 3.63) is 52.1 Å². The van der Waals surface area contributed by atoms with E-state index in [1.165, 1.54) is 48.9 Å². The lowest BCUT2D eigenvalue weighted by atomic mass is 10.0. The summed E-state index contributed by atoms with van der Waals surface area (Å²) < 4.78 is 46.4. The van der Waals surface area contributed by atoms with E-state index in [4.69, 9.17) is 10.5 Å². The van der Waals surface area contributed by atoms with Crippen LogP contribution in [0, 0.1) is 0 Å². The molecule has 0 unspecified atom stereocenters. The van der Waals surface area contributed by atoms with Crippen molar-refractivity contribution >= 4 is 29.6 Å². The SMILES string of the molecule is CC(=O)Cc1ccc(-n2ccc(NC(=O)N3CCN(C(=O)C(C)(C)OC(N)=O)CC3)nc2=O)cc1C(F)(F)F. The molecule has 0 radical (unpaired) electrons. The van der Waals surface area contributed by atoms with Gasteiger partial charge in [-0.1, -0.05) is 6.07 Å². The second-order valence-electron chi connectivity index (χ2n) is 9.32. The maximum atomic E-state index is 13.5. The molecule has 3 rings (SSSR count). The highest BCUT2D eigenvalue weighted by Gasteiger charge is 2.37. The van der Waals surface area contributed by atoms with E-state index in [2.05, 4.69) is 10.3 Å². The first kappa shape index (κ1) is 29.1. The number of Topliss-reactive ketones (excluding diaryl/α,β-unsaturated/α-hetero) is 1. The quantitative estimate of drug-likeness (QED) is 0.554. The summed E-state index contributed by atoms with van der Waals surface area (Å²) in [5, 5.41) is 2.45. The molecule has 1 aromatic carbocycles. The highest BCUT2D eigenvalue weighted by Crippen LogP contribution is 2.33. The molecule has 0 spiro atoms. The van der Waals surface area contributed by atoms with Gasteiger partial charge in [-0.25, -0.2) is 14.4 Å². The van der Waals surface area contributed by atoms with Crippen LogP contribution in [0.2, 0.25) is 0 Å². The maximum absolute atomic E-state index is 13.5. The Hall–Kier alpha value is -4.43. The molecule has 1 fully saturated rings. The lowest BCUT2D eigenvalue weighted by Gasteiger charge is -2.37. The summed E-state index contributed by atoms with van der Waals surface area (Å²) in [6, 6.07) is 3.81. The summed E-state index contributed by atoms with van der Waals surface area (Å²) in [6.07, 6.45) is -5.08. The number of aromatic nitrogens is 2. The number of hydrogen-bond acceptors (Lipinski definition) is 7. The molecule has 15 heteroatoms. The van der Waals surface area contributed by atoms with Gasteiger partial charge in [-0.15, -0.1) is 0 Å². The largest absolute Gasteiger partial charge is 0.434 e. The normalized spacial score (nSPS) is 14.1. The second-order valence-corrected chi connectivity index (χ2v) is 9.32. The summed E-state index contributed by atoms with van der Waals surface area (Å²) >= 11 is 0. The summed E-state index contributed by atoms with van der Waals surface area (Å²) in [7, 11) is 0. The summed E-state index contributed by atoms with van der Waals surface area (Å²) in [6.45, 7) is 4.54. The Kier molecular flexibility index (Phi) is 8.31. The van der Waals surface area contributed by atoms with E-state index in [0.29, 0.717) is 0 Å². The fourth-order valence-electron chi connectivity index (χ4n) is 4.05. The number of carbonyl (C=O) groups excluding carboxylic acids is 4. The lowest BCUT2D eigenvalue weighted by Crippen LogP contribution is -2.56. The number of primary amides is 1. The van der Waals surface area contributed by atoms with Crippen molar-refractivity contribution in [2.24, 2.45) is 5.73 Å². The van der Waals surface area contributed by atoms with Gasteiger partial charge in [0.05, 0.1) is 11.3 Å². The fourth-order valence-corrected chi connectivity index (χ4v) is 4.05. The van der Waals surface area contributed by atoms with Gasteiger partial charge in [0.15, 0.2) is 5.60 Å². The van der Waals surface area contributed by atoms with Gasteiger partial charge in [0.25, 0.3) is 5.91 Å². The Morgan fingerprint density at radius 2 is 1.67 bits per heavy atom. The van der Waals surface area contributed by atoms with Crippen LogP contribution in [0.1, 0.15) is 31.9 Å². The van der Waals surface area contributed by atoms with Crippen molar-refractivity contribution in [2.75, 3.05) is 31.5 Å². The van der Waals surface area contributed by atoms with Crippen LogP contribution in [0.25, 0.3) is 5.69 Å². The van der Waals surface area contributed by atoms with Crippen molar-refractivity contribution in [1.29, 1.82) is 0 Å². The number of nitrogens with zero attached hydrogens (tertiary/aromatic N) is 4. The van der Waals surface area contributed by atoms with Crippen LogP contribution in [-0.4, -0.2) is 74.9 Å². The van der Waals surface area contributed by atoms with Crippen LogP contribution in [0.5, 0.6) is 0 Å². The summed E-state index contributed by atoms with van der Waals surface area (Å²) in [5.74, 6) is -1.05. The van der Waals surface area contributed by atoms with Crippen LogP contribution in [0.4, 0.5) is 28.6 Å². The number of alkyl halides is 3. The van der Waals surface area contributed by atoms with Crippen molar-refractivity contribution < 1.29 is 37.1 Å². The van der Waals surface area contributed by atoms with E-state index in [9.17, 15) is 37.1 Å². The number of anilines is 1. The number of rotatable bonds is 6. The van der Waals surface area contributed by atoms with Crippen LogP contribution < -0.4 is 16.7 Å². The van der Waals surface area contributed by atoms with Crippen LogP contribution in [0.3, 0.4) is 0 Å². The number of ketones is 1. The molecule has 1 aliphatic rings. The van der Waals surface area contributed by atoms with Crippen molar-refractivity contribution in [2.45, 2.75) is 39.0 Å². The number of piperazine rings is 1. The Balaban J connectivity index is 1.69. The van der Waals surface area contributed by atoms with E-state index in [-0.39, 0.29) is 43.2 Å². The van der Waals surface area contributed by atoms with Gasteiger partial charge in [0, 0.05) is 38.8 Å². The Morgan fingerprint density at radius 1 is 1.05 bits per heavy atom. The highest BCUT2D eigenvalue weighted by molar-refractivity contribution is 5.89. The first-order valence-corrected chi connectivity index (χ1v) is 11.7. The molecular weight excluding hydrogens is 525 g/mol. The standard InChI is InChI=1S/C24H27F3N6O6/c1-14(34)12-15-4-5-16(13-17(15)24(25,26)27)33-7-6-18(30-22(33)38)29-21(37)32-10-8-31(9-11-32)19(35)23(2,3)39-20(28)36/h4-7,13H,8-12H2,1-3H3,(H2,28,36)(H,29,30,37,38).